The molecule has 1 unspecified atom stereocenters. The summed E-state index contributed by atoms with van der Waals surface area (Å²) in [6, 6.07) is 9.91. The van der Waals surface area contributed by atoms with Gasteiger partial charge in [0.1, 0.15) is 5.44 Å². The molecule has 3 heterocycles. The van der Waals surface area contributed by atoms with E-state index in [4.69, 9.17) is 4.52 Å². The highest BCUT2D eigenvalue weighted by Gasteiger charge is 2.21. The van der Waals surface area contributed by atoms with E-state index in [0.717, 1.165) is 16.5 Å². The first-order chi connectivity index (χ1) is 12.1. The fraction of sp³-hybridized carbons (Fsp3) is 0.188. The van der Waals surface area contributed by atoms with Gasteiger partial charge in [0.2, 0.25) is 13.0 Å². The van der Waals surface area contributed by atoms with Crippen molar-refractivity contribution in [2.45, 2.75) is 6.54 Å². The van der Waals surface area contributed by atoms with Gasteiger partial charge in [-0.1, -0.05) is 17.3 Å². The third-order valence-corrected chi connectivity index (χ3v) is 5.72. The summed E-state index contributed by atoms with van der Waals surface area (Å²) in [7, 11) is -1.60. The fourth-order valence-corrected chi connectivity index (χ4v) is 3.27. The van der Waals surface area contributed by atoms with Crippen molar-refractivity contribution in [1.29, 1.82) is 0 Å². The van der Waals surface area contributed by atoms with Crippen molar-refractivity contribution < 1.29 is 9.09 Å². The van der Waals surface area contributed by atoms with Crippen LogP contribution in [0.4, 0.5) is 0 Å². The molecule has 25 heavy (non-hydrogen) atoms. The number of hydrogen-bond acceptors (Lipinski definition) is 7. The molecule has 0 aliphatic carbocycles. The Labute approximate surface area is 143 Å². The van der Waals surface area contributed by atoms with E-state index in [2.05, 4.69) is 25.3 Å². The number of pyridine rings is 1. The molecule has 0 radical (unpaired) electrons. The Morgan fingerprint density at radius 1 is 1.24 bits per heavy atom. The molecule has 0 aliphatic rings. The van der Waals surface area contributed by atoms with E-state index in [1.807, 2.05) is 30.3 Å². The summed E-state index contributed by atoms with van der Waals surface area (Å²) in [6.07, 6.45) is 3.19. The molecule has 0 bridgehead atoms. The zero-order valence-electron chi connectivity index (χ0n) is 13.7. The number of aromatic nitrogens is 6. The summed E-state index contributed by atoms with van der Waals surface area (Å²) in [5.74, 6) is 0. The summed E-state index contributed by atoms with van der Waals surface area (Å²) in [4.78, 5) is 12.9. The van der Waals surface area contributed by atoms with Crippen molar-refractivity contribution in [3.8, 4) is 0 Å². The summed E-state index contributed by atoms with van der Waals surface area (Å²) in [5, 5.41) is 9.19. The van der Waals surface area contributed by atoms with Crippen LogP contribution in [0.2, 0.25) is 0 Å². The molecule has 0 saturated heterocycles. The van der Waals surface area contributed by atoms with Crippen LogP contribution in [0.25, 0.3) is 22.2 Å². The van der Waals surface area contributed by atoms with Crippen LogP contribution in [-0.2, 0) is 15.6 Å². The summed E-state index contributed by atoms with van der Waals surface area (Å²) in [5.41, 5.74) is 3.15. The zero-order valence-corrected chi connectivity index (χ0v) is 14.6. The molecule has 0 amide bonds. The third kappa shape index (κ3) is 2.90. The van der Waals surface area contributed by atoms with Crippen molar-refractivity contribution in [2.24, 2.45) is 0 Å². The predicted molar refractivity (Wildman–Crippen MR) is 94.1 cm³/mol. The molecular weight excluding hydrogens is 339 g/mol. The van der Waals surface area contributed by atoms with Gasteiger partial charge in [-0.3, -0.25) is 9.55 Å². The molecule has 0 aliphatic heterocycles. The van der Waals surface area contributed by atoms with Crippen molar-refractivity contribution in [3.63, 3.8) is 0 Å². The SMILES string of the molecule is COP(C)(=O)c1cnc2nnn(Cc3ccc4ncccc4c3)c2n1. The van der Waals surface area contributed by atoms with E-state index in [-0.39, 0.29) is 0 Å². The van der Waals surface area contributed by atoms with Gasteiger partial charge in [0, 0.05) is 25.4 Å². The molecule has 0 saturated carbocycles. The molecule has 0 N–H and O–H groups in total. The Kier molecular flexibility index (Phi) is 3.78. The van der Waals surface area contributed by atoms with E-state index < -0.39 is 7.37 Å². The average molecular weight is 354 g/mol. The van der Waals surface area contributed by atoms with Gasteiger partial charge in [-0.05, 0) is 23.8 Å². The van der Waals surface area contributed by atoms with E-state index in [9.17, 15) is 4.57 Å². The molecule has 8 nitrogen and oxygen atoms in total. The molecule has 0 fully saturated rings. The first-order valence-electron chi connectivity index (χ1n) is 7.60. The van der Waals surface area contributed by atoms with Gasteiger partial charge in [0.15, 0.2) is 5.65 Å². The molecular formula is C16H15N6O2P. The standard InChI is InChI=1S/C16H15N6O2P/c1-24-25(2,23)14-9-18-15-16(19-14)22(21-20-15)10-11-5-6-13-12(8-11)4-3-7-17-13/h3-9H,10H2,1-2H3. The molecule has 9 heteroatoms. The van der Waals surface area contributed by atoms with Crippen LogP contribution < -0.4 is 5.44 Å². The Morgan fingerprint density at radius 3 is 2.96 bits per heavy atom. The van der Waals surface area contributed by atoms with Crippen molar-refractivity contribution in [2.75, 3.05) is 13.8 Å². The van der Waals surface area contributed by atoms with Crippen molar-refractivity contribution in [3.05, 3.63) is 48.3 Å². The quantitative estimate of drug-likeness (QED) is 0.517. The fourth-order valence-electron chi connectivity index (χ4n) is 2.54. The number of rotatable bonds is 4. The Bertz CT molecular complexity index is 1130. The largest absolute Gasteiger partial charge is 0.328 e. The molecule has 126 valence electrons. The van der Waals surface area contributed by atoms with Crippen LogP contribution in [0.5, 0.6) is 0 Å². The van der Waals surface area contributed by atoms with Gasteiger partial charge in [0.25, 0.3) is 0 Å². The second-order valence-corrected chi connectivity index (χ2v) is 8.20. The molecule has 1 aromatic carbocycles. The molecule has 4 aromatic rings. The van der Waals surface area contributed by atoms with Crippen molar-refractivity contribution in [1.82, 2.24) is 29.9 Å². The second-order valence-electron chi connectivity index (χ2n) is 5.68. The molecule has 0 spiro atoms. The van der Waals surface area contributed by atoms with E-state index in [1.54, 1.807) is 10.9 Å². The third-order valence-electron chi connectivity index (χ3n) is 3.98. The number of benzene rings is 1. The van der Waals surface area contributed by atoms with Crippen LogP contribution in [0.3, 0.4) is 0 Å². The average Bonchev–Trinajstić information content (AvgIpc) is 3.04. The minimum absolute atomic E-state index is 0.300. The van der Waals surface area contributed by atoms with Gasteiger partial charge in [-0.2, -0.15) is 0 Å². The summed E-state index contributed by atoms with van der Waals surface area (Å²) < 4.78 is 19.1. The van der Waals surface area contributed by atoms with E-state index in [0.29, 0.717) is 23.3 Å². The lowest BCUT2D eigenvalue weighted by molar-refractivity contribution is 0.407. The molecule has 1 atom stereocenters. The maximum atomic E-state index is 12.4. The Morgan fingerprint density at radius 2 is 2.12 bits per heavy atom. The van der Waals surface area contributed by atoms with Crippen LogP contribution in [0, 0.1) is 0 Å². The first kappa shape index (κ1) is 15.8. The maximum Gasteiger partial charge on any atom is 0.248 e. The zero-order chi connectivity index (χ0) is 17.4. The Balaban J connectivity index is 1.75. The number of hydrogen-bond donors (Lipinski definition) is 0. The maximum absolute atomic E-state index is 12.4. The second kappa shape index (κ2) is 5.98. The van der Waals surface area contributed by atoms with Gasteiger partial charge < -0.3 is 4.52 Å². The van der Waals surface area contributed by atoms with Gasteiger partial charge in [-0.25, -0.2) is 14.6 Å². The molecule has 3 aromatic heterocycles. The highest BCUT2D eigenvalue weighted by molar-refractivity contribution is 7.65. The minimum atomic E-state index is -2.99. The normalized spacial score (nSPS) is 14.0. The number of fused-ring (bicyclic) bond motifs is 2. The van der Waals surface area contributed by atoms with Gasteiger partial charge >= 0.3 is 0 Å². The van der Waals surface area contributed by atoms with Crippen LogP contribution in [0.1, 0.15) is 5.56 Å². The summed E-state index contributed by atoms with van der Waals surface area (Å²) in [6.45, 7) is 1.98. The predicted octanol–water partition coefficient (Wildman–Crippen LogP) is 2.00. The monoisotopic (exact) mass is 354 g/mol. The number of nitrogens with zero attached hydrogens (tertiary/aromatic N) is 6. The van der Waals surface area contributed by atoms with Crippen LogP contribution in [-0.4, -0.2) is 43.7 Å². The lowest BCUT2D eigenvalue weighted by atomic mass is 10.1. The molecule has 4 rings (SSSR count). The highest BCUT2D eigenvalue weighted by atomic mass is 31.2. The topological polar surface area (TPSA) is 95.7 Å². The first-order valence-corrected chi connectivity index (χ1v) is 9.68. The van der Waals surface area contributed by atoms with Gasteiger partial charge in [0.05, 0.1) is 18.3 Å². The van der Waals surface area contributed by atoms with E-state index >= 15 is 0 Å². The minimum Gasteiger partial charge on any atom is -0.328 e. The van der Waals surface area contributed by atoms with E-state index in [1.165, 1.54) is 20.0 Å². The van der Waals surface area contributed by atoms with Crippen molar-refractivity contribution >= 4 is 35.0 Å². The van der Waals surface area contributed by atoms with Crippen LogP contribution >= 0.6 is 7.37 Å². The Hall–Kier alpha value is -2.70. The summed E-state index contributed by atoms with van der Waals surface area (Å²) >= 11 is 0. The highest BCUT2D eigenvalue weighted by Crippen LogP contribution is 2.38. The van der Waals surface area contributed by atoms with Crippen LogP contribution in [0.15, 0.2) is 42.7 Å². The smallest absolute Gasteiger partial charge is 0.248 e. The lowest BCUT2D eigenvalue weighted by Crippen LogP contribution is -2.13. The lowest BCUT2D eigenvalue weighted by Gasteiger charge is -2.09. The van der Waals surface area contributed by atoms with Gasteiger partial charge in [-0.15, -0.1) is 5.10 Å².